The van der Waals surface area contributed by atoms with Crippen LogP contribution in [0.5, 0.6) is 0 Å². The zero-order chi connectivity index (χ0) is 25.5. The third-order valence-corrected chi connectivity index (χ3v) is 8.68. The summed E-state index contributed by atoms with van der Waals surface area (Å²) in [5, 5.41) is 0. The SMILES string of the molecule is COC(=O)N1[C@H](C(F)F)C[C@H](NS(=O)(=O)CF)[C@@H]1CO[C@H]1CC[C@]2(c3ncc(F)cn3)[C@H](C1)[C@@H]2C. The van der Waals surface area contributed by atoms with Gasteiger partial charge < -0.3 is 9.47 Å². The summed E-state index contributed by atoms with van der Waals surface area (Å²) in [7, 11) is -3.34. The van der Waals surface area contributed by atoms with Crippen LogP contribution >= 0.6 is 0 Å². The summed E-state index contributed by atoms with van der Waals surface area (Å²) in [6.07, 6.45) is -0.525. The van der Waals surface area contributed by atoms with Crippen LogP contribution < -0.4 is 4.72 Å². The van der Waals surface area contributed by atoms with Gasteiger partial charge in [-0.2, -0.15) is 0 Å². The molecule has 0 radical (unpaired) electrons. The molecular formula is C21H28F4N4O5S. The van der Waals surface area contributed by atoms with Gasteiger partial charge in [0.15, 0.2) is 5.82 Å². The molecule has 4 rings (SSSR count). The summed E-state index contributed by atoms with van der Waals surface area (Å²) >= 11 is 0. The molecule has 2 heterocycles. The van der Waals surface area contributed by atoms with Crippen LogP contribution in [0, 0.1) is 17.7 Å². The first-order valence-electron chi connectivity index (χ1n) is 11.3. The average Bonchev–Trinajstić information content (AvgIpc) is 3.26. The Kier molecular flexibility index (Phi) is 7.26. The van der Waals surface area contributed by atoms with Crippen LogP contribution in [0.1, 0.15) is 38.4 Å². The van der Waals surface area contributed by atoms with Gasteiger partial charge in [-0.15, -0.1) is 0 Å². The lowest BCUT2D eigenvalue weighted by Crippen LogP contribution is -2.51. The second kappa shape index (κ2) is 9.77. The number of nitrogens with one attached hydrogen (secondary N) is 1. The van der Waals surface area contributed by atoms with Crippen LogP contribution in [-0.2, 0) is 24.9 Å². The molecule has 1 aromatic rings. The minimum Gasteiger partial charge on any atom is -0.453 e. The molecule has 0 unspecified atom stereocenters. The normalized spacial score (nSPS) is 34.7. The smallest absolute Gasteiger partial charge is 0.410 e. The van der Waals surface area contributed by atoms with Crippen molar-refractivity contribution < 1.29 is 40.2 Å². The van der Waals surface area contributed by atoms with Crippen molar-refractivity contribution in [3.8, 4) is 0 Å². The summed E-state index contributed by atoms with van der Waals surface area (Å²) in [6, 6.07) is -5.60. The van der Waals surface area contributed by atoms with Crippen molar-refractivity contribution in [1.29, 1.82) is 0 Å². The fourth-order valence-corrected chi connectivity index (χ4v) is 6.71. The van der Waals surface area contributed by atoms with Crippen molar-refractivity contribution in [3.63, 3.8) is 0 Å². The molecule has 7 atom stereocenters. The number of hydrogen-bond donors (Lipinski definition) is 1. The average molecular weight is 525 g/mol. The number of likely N-dealkylation sites (tertiary alicyclic amines) is 1. The van der Waals surface area contributed by atoms with Crippen LogP contribution in [0.2, 0.25) is 0 Å². The molecule has 2 saturated carbocycles. The monoisotopic (exact) mass is 524 g/mol. The number of alkyl halides is 3. The lowest BCUT2D eigenvalue weighted by Gasteiger charge is -2.33. The van der Waals surface area contributed by atoms with Gasteiger partial charge in [-0.3, -0.25) is 4.90 Å². The van der Waals surface area contributed by atoms with E-state index in [1.54, 1.807) is 0 Å². The highest BCUT2D eigenvalue weighted by molar-refractivity contribution is 7.89. The van der Waals surface area contributed by atoms with E-state index in [9.17, 15) is 30.8 Å². The Morgan fingerprint density at radius 2 is 2.00 bits per heavy atom. The van der Waals surface area contributed by atoms with E-state index in [0.29, 0.717) is 25.1 Å². The number of ether oxygens (including phenoxy) is 2. The number of nitrogens with zero attached hydrogens (tertiary/aromatic N) is 3. The quantitative estimate of drug-likeness (QED) is 0.520. The highest BCUT2D eigenvalue weighted by Crippen LogP contribution is 2.66. The number of methoxy groups -OCH3 is 1. The maximum atomic E-state index is 13.7. The molecule has 3 aliphatic rings. The molecule has 196 valence electrons. The summed E-state index contributed by atoms with van der Waals surface area (Å²) in [4.78, 5) is 21.4. The van der Waals surface area contributed by atoms with Crippen molar-refractivity contribution in [3.05, 3.63) is 24.0 Å². The molecule has 1 N–H and O–H groups in total. The Balaban J connectivity index is 1.46. The third kappa shape index (κ3) is 4.84. The van der Waals surface area contributed by atoms with E-state index in [4.69, 9.17) is 4.74 Å². The second-order valence-electron chi connectivity index (χ2n) is 9.42. The Hall–Kier alpha value is -2.06. The predicted molar refractivity (Wildman–Crippen MR) is 114 cm³/mol. The fraction of sp³-hybridized carbons (Fsp3) is 0.762. The van der Waals surface area contributed by atoms with Crippen LogP contribution in [0.25, 0.3) is 0 Å². The van der Waals surface area contributed by atoms with Crippen LogP contribution in [-0.4, -0.2) is 79.8 Å². The van der Waals surface area contributed by atoms with Crippen molar-refractivity contribution in [2.45, 2.75) is 68.7 Å². The molecule has 3 fully saturated rings. The zero-order valence-electron chi connectivity index (χ0n) is 19.2. The molecular weight excluding hydrogens is 496 g/mol. The number of halogens is 4. The number of rotatable bonds is 8. The van der Waals surface area contributed by atoms with Gasteiger partial charge in [0.05, 0.1) is 44.3 Å². The van der Waals surface area contributed by atoms with Gasteiger partial charge in [-0.1, -0.05) is 6.92 Å². The maximum Gasteiger partial charge on any atom is 0.410 e. The number of sulfonamides is 1. The molecule has 2 aliphatic carbocycles. The van der Waals surface area contributed by atoms with Gasteiger partial charge in [0.25, 0.3) is 6.43 Å². The highest BCUT2D eigenvalue weighted by atomic mass is 32.2. The number of aromatic nitrogens is 2. The number of fused-ring (bicyclic) bond motifs is 1. The van der Waals surface area contributed by atoms with Crippen molar-refractivity contribution in [1.82, 2.24) is 19.6 Å². The molecule has 1 aromatic heterocycles. The van der Waals surface area contributed by atoms with Crippen molar-refractivity contribution in [2.75, 3.05) is 19.7 Å². The lowest BCUT2D eigenvalue weighted by molar-refractivity contribution is -0.0239. The molecule has 0 spiro atoms. The van der Waals surface area contributed by atoms with E-state index < -0.39 is 58.9 Å². The van der Waals surface area contributed by atoms with Gasteiger partial charge in [0.2, 0.25) is 16.0 Å². The molecule has 9 nitrogen and oxygen atoms in total. The summed E-state index contributed by atoms with van der Waals surface area (Å²) in [5.74, 6) is 0.496. The van der Waals surface area contributed by atoms with Crippen molar-refractivity contribution in [2.24, 2.45) is 11.8 Å². The minimum absolute atomic E-state index is 0.182. The van der Waals surface area contributed by atoms with Crippen LogP contribution in [0.15, 0.2) is 12.4 Å². The van der Waals surface area contributed by atoms with Crippen molar-refractivity contribution >= 4 is 16.1 Å². The van der Waals surface area contributed by atoms with Crippen LogP contribution in [0.3, 0.4) is 0 Å². The first-order valence-corrected chi connectivity index (χ1v) is 13.0. The van der Waals surface area contributed by atoms with Gasteiger partial charge in [0, 0.05) is 11.5 Å². The lowest BCUT2D eigenvalue weighted by atomic mass is 9.85. The Bertz CT molecular complexity index is 1030. The number of carbonyl (C=O) groups is 1. The molecule has 0 bridgehead atoms. The summed E-state index contributed by atoms with van der Waals surface area (Å²) in [5.41, 5.74) is -0.265. The second-order valence-corrected chi connectivity index (χ2v) is 11.1. The zero-order valence-corrected chi connectivity index (χ0v) is 20.1. The van der Waals surface area contributed by atoms with E-state index in [0.717, 1.165) is 24.4 Å². The molecule has 1 saturated heterocycles. The van der Waals surface area contributed by atoms with E-state index in [1.165, 1.54) is 0 Å². The first-order chi connectivity index (χ1) is 16.5. The maximum absolute atomic E-state index is 13.7. The van der Waals surface area contributed by atoms with Gasteiger partial charge in [0.1, 0.15) is 5.82 Å². The fourth-order valence-electron chi connectivity index (χ4n) is 5.93. The molecule has 1 aliphatic heterocycles. The number of hydrogen-bond acceptors (Lipinski definition) is 7. The Labute approximate surface area is 200 Å². The topological polar surface area (TPSA) is 111 Å². The number of amides is 1. The highest BCUT2D eigenvalue weighted by Gasteiger charge is 2.66. The number of carbonyl (C=O) groups excluding carboxylic acids is 1. The molecule has 0 aromatic carbocycles. The first kappa shape index (κ1) is 26.0. The third-order valence-electron chi connectivity index (χ3n) is 7.73. The van der Waals surface area contributed by atoms with E-state index in [2.05, 4.69) is 26.4 Å². The van der Waals surface area contributed by atoms with E-state index in [-0.39, 0.29) is 30.0 Å². The molecule has 14 heteroatoms. The van der Waals surface area contributed by atoms with Crippen LogP contribution in [0.4, 0.5) is 22.4 Å². The van der Waals surface area contributed by atoms with E-state index in [1.807, 2.05) is 0 Å². The largest absolute Gasteiger partial charge is 0.453 e. The molecule has 35 heavy (non-hydrogen) atoms. The Morgan fingerprint density at radius 3 is 2.57 bits per heavy atom. The standard InChI is InChI=1S/C21H28F4N4O5S/c1-11-14-5-13(3-4-21(11,14)19-26-7-12(23)8-27-19)34-9-17-15(28-35(31,32)10-22)6-16(18(24)25)29(17)20(30)33-2/h7-8,11,13-18,28H,3-6,9-10H2,1-2H3/t11-,13-,14+,15-,16-,17-,21+/m0/s1. The Morgan fingerprint density at radius 1 is 1.31 bits per heavy atom. The van der Waals surface area contributed by atoms with Gasteiger partial charge in [-0.05, 0) is 37.5 Å². The summed E-state index contributed by atoms with van der Waals surface area (Å²) < 4.78 is 90.0. The summed E-state index contributed by atoms with van der Waals surface area (Å²) in [6.45, 7) is 1.83. The van der Waals surface area contributed by atoms with Gasteiger partial charge >= 0.3 is 6.09 Å². The predicted octanol–water partition coefficient (Wildman–Crippen LogP) is 2.38. The van der Waals surface area contributed by atoms with Gasteiger partial charge in [-0.25, -0.2) is 45.5 Å². The minimum atomic E-state index is -4.37. The molecule has 1 amide bonds. The van der Waals surface area contributed by atoms with E-state index >= 15 is 0 Å².